The molecule has 0 spiro atoms. The first-order valence-electron chi connectivity index (χ1n) is 11.2. The maximum atomic E-state index is 12.6. The molecular formula is C23H31NO7. The van der Waals surface area contributed by atoms with E-state index in [9.17, 15) is 24.6 Å². The van der Waals surface area contributed by atoms with Gasteiger partial charge in [-0.2, -0.15) is 0 Å². The number of carboxylic acids is 1. The average molecular weight is 434 g/mol. The van der Waals surface area contributed by atoms with Gasteiger partial charge in [0.1, 0.15) is 6.61 Å². The number of carboxylic acid groups (broad SMARTS) is 1. The molecule has 4 rings (SSSR count). The van der Waals surface area contributed by atoms with Crippen molar-refractivity contribution in [1.29, 1.82) is 0 Å². The van der Waals surface area contributed by atoms with Gasteiger partial charge in [-0.25, -0.2) is 4.79 Å². The summed E-state index contributed by atoms with van der Waals surface area (Å²) in [6.45, 7) is 1.01. The van der Waals surface area contributed by atoms with E-state index in [1.165, 1.54) is 0 Å². The molecule has 31 heavy (non-hydrogen) atoms. The summed E-state index contributed by atoms with van der Waals surface area (Å²) >= 11 is 0. The summed E-state index contributed by atoms with van der Waals surface area (Å²) in [5.74, 6) is -1.51. The fourth-order valence-corrected chi connectivity index (χ4v) is 7.42. The van der Waals surface area contributed by atoms with Gasteiger partial charge < -0.3 is 20.2 Å². The standard InChI is InChI=1S/C23H31NO7/c1-22-7-6-14(26)8-13(22)2-3-15-16-4-5-17(19(28)10-25)23(16,9-18(27)21(15)22)12-24-31-11-20(29)30/h8,12,15-18,21,25,27H,2-7,9-11H2,1H3,(H,29,30)/b24-12-/t15-,16-,17+,18-,21+,22-,23+/m0/s1. The third kappa shape index (κ3) is 3.53. The zero-order valence-electron chi connectivity index (χ0n) is 17.8. The summed E-state index contributed by atoms with van der Waals surface area (Å²) in [6.07, 6.45) is 7.16. The molecule has 3 N–H and O–H groups in total. The summed E-state index contributed by atoms with van der Waals surface area (Å²) in [7, 11) is 0. The molecule has 8 heteroatoms. The minimum absolute atomic E-state index is 0.00459. The van der Waals surface area contributed by atoms with Crippen molar-refractivity contribution in [2.75, 3.05) is 13.2 Å². The Labute approximate surface area is 181 Å². The van der Waals surface area contributed by atoms with Crippen LogP contribution in [0, 0.1) is 34.5 Å². The van der Waals surface area contributed by atoms with E-state index in [4.69, 9.17) is 9.94 Å². The number of carbonyl (C=O) groups is 3. The van der Waals surface area contributed by atoms with Gasteiger partial charge >= 0.3 is 5.97 Å². The molecule has 0 bridgehead atoms. The van der Waals surface area contributed by atoms with Gasteiger partial charge in [0.15, 0.2) is 11.6 Å². The number of nitrogens with zero attached hydrogens (tertiary/aromatic N) is 1. The molecule has 0 aromatic carbocycles. The first-order valence-corrected chi connectivity index (χ1v) is 11.2. The molecule has 4 aliphatic carbocycles. The Balaban J connectivity index is 1.70. The van der Waals surface area contributed by atoms with Gasteiger partial charge in [0, 0.05) is 17.8 Å². The number of aliphatic hydroxyl groups excluding tert-OH is 2. The maximum Gasteiger partial charge on any atom is 0.344 e. The number of hydrogen-bond donors (Lipinski definition) is 3. The third-order valence-electron chi connectivity index (χ3n) is 8.60. The summed E-state index contributed by atoms with van der Waals surface area (Å²) in [6, 6.07) is 0. The lowest BCUT2D eigenvalue weighted by Gasteiger charge is -2.59. The van der Waals surface area contributed by atoms with Crippen LogP contribution in [0.3, 0.4) is 0 Å². The number of allylic oxidation sites excluding steroid dienone is 1. The fraction of sp³-hybridized carbons (Fsp3) is 0.739. The molecule has 0 unspecified atom stereocenters. The molecule has 7 atom stereocenters. The summed E-state index contributed by atoms with van der Waals surface area (Å²) in [4.78, 5) is 40.3. The largest absolute Gasteiger partial charge is 0.479 e. The number of rotatable bonds is 6. The third-order valence-corrected chi connectivity index (χ3v) is 8.60. The Bertz CT molecular complexity index is 836. The van der Waals surface area contributed by atoms with E-state index < -0.39 is 36.6 Å². The first-order chi connectivity index (χ1) is 14.7. The van der Waals surface area contributed by atoms with Crippen molar-refractivity contribution in [2.24, 2.45) is 39.7 Å². The molecule has 170 valence electrons. The Kier molecular flexibility index (Phi) is 5.81. The van der Waals surface area contributed by atoms with Crippen LogP contribution in [0.5, 0.6) is 0 Å². The minimum Gasteiger partial charge on any atom is -0.479 e. The van der Waals surface area contributed by atoms with Gasteiger partial charge in [0.2, 0.25) is 6.61 Å². The molecule has 0 aliphatic heterocycles. The second-order valence-electron chi connectivity index (χ2n) is 9.93. The lowest BCUT2D eigenvalue weighted by atomic mass is 9.45. The first kappa shape index (κ1) is 22.1. The maximum absolute atomic E-state index is 12.6. The molecule has 0 heterocycles. The lowest BCUT2D eigenvalue weighted by molar-refractivity contribution is -0.143. The highest BCUT2D eigenvalue weighted by Crippen LogP contribution is 2.66. The second kappa shape index (κ2) is 8.13. The van der Waals surface area contributed by atoms with Crippen LogP contribution in [-0.4, -0.2) is 58.4 Å². The predicted molar refractivity (Wildman–Crippen MR) is 110 cm³/mol. The highest BCUT2D eigenvalue weighted by molar-refractivity contribution is 5.91. The topological polar surface area (TPSA) is 133 Å². The predicted octanol–water partition coefficient (Wildman–Crippen LogP) is 1.73. The molecule has 0 radical (unpaired) electrons. The van der Waals surface area contributed by atoms with Crippen molar-refractivity contribution in [3.63, 3.8) is 0 Å². The van der Waals surface area contributed by atoms with Crippen LogP contribution in [0.2, 0.25) is 0 Å². The second-order valence-corrected chi connectivity index (χ2v) is 9.93. The van der Waals surface area contributed by atoms with Crippen molar-refractivity contribution >= 4 is 23.8 Å². The lowest BCUT2D eigenvalue weighted by Crippen LogP contribution is -2.58. The van der Waals surface area contributed by atoms with Gasteiger partial charge in [-0.3, -0.25) is 9.59 Å². The van der Waals surface area contributed by atoms with Crippen LogP contribution in [0.15, 0.2) is 16.8 Å². The van der Waals surface area contributed by atoms with Crippen molar-refractivity contribution in [2.45, 2.75) is 58.0 Å². The number of aliphatic carboxylic acids is 1. The van der Waals surface area contributed by atoms with Crippen molar-refractivity contribution in [3.8, 4) is 0 Å². The number of carbonyl (C=O) groups excluding carboxylic acids is 2. The quantitative estimate of drug-likeness (QED) is 0.429. The van der Waals surface area contributed by atoms with Crippen LogP contribution >= 0.6 is 0 Å². The molecule has 0 aromatic rings. The van der Waals surface area contributed by atoms with Gasteiger partial charge in [-0.15, -0.1) is 0 Å². The molecule has 3 saturated carbocycles. The van der Waals surface area contributed by atoms with E-state index in [0.717, 1.165) is 31.3 Å². The average Bonchev–Trinajstić information content (AvgIpc) is 3.10. The summed E-state index contributed by atoms with van der Waals surface area (Å²) in [5, 5.41) is 33.7. The summed E-state index contributed by atoms with van der Waals surface area (Å²) in [5.41, 5.74) is 0.135. The molecule has 0 amide bonds. The molecule has 0 aromatic heterocycles. The van der Waals surface area contributed by atoms with Crippen molar-refractivity contribution < 1.29 is 34.5 Å². The molecule has 3 fully saturated rings. The van der Waals surface area contributed by atoms with E-state index in [1.54, 1.807) is 12.3 Å². The van der Waals surface area contributed by atoms with Crippen LogP contribution in [-0.2, 0) is 19.2 Å². The van der Waals surface area contributed by atoms with Gasteiger partial charge in [-0.05, 0) is 67.8 Å². The SMILES string of the molecule is C[C@]12CCC(=O)C=C1CC[C@@H]1[C@@H]2[C@@H](O)C[C@]2(/C=N\OCC(=O)O)[C@@H](C(=O)CO)CC[C@@H]12. The highest BCUT2D eigenvalue weighted by Gasteiger charge is 2.64. The number of fused-ring (bicyclic) bond motifs is 5. The Hall–Kier alpha value is -2.06. The smallest absolute Gasteiger partial charge is 0.344 e. The zero-order valence-corrected chi connectivity index (χ0v) is 17.8. The van der Waals surface area contributed by atoms with Gasteiger partial charge in [0.05, 0.1) is 12.3 Å². The fourth-order valence-electron chi connectivity index (χ4n) is 7.42. The number of oxime groups is 1. The monoisotopic (exact) mass is 433 g/mol. The minimum atomic E-state index is -1.14. The molecule has 0 saturated heterocycles. The number of ketones is 2. The van der Waals surface area contributed by atoms with E-state index in [2.05, 4.69) is 12.1 Å². The van der Waals surface area contributed by atoms with E-state index >= 15 is 0 Å². The van der Waals surface area contributed by atoms with Crippen LogP contribution in [0.4, 0.5) is 0 Å². The van der Waals surface area contributed by atoms with E-state index in [0.29, 0.717) is 19.3 Å². The highest BCUT2D eigenvalue weighted by atomic mass is 16.6. The van der Waals surface area contributed by atoms with E-state index in [1.807, 2.05) is 0 Å². The van der Waals surface area contributed by atoms with E-state index in [-0.39, 0.29) is 34.7 Å². The van der Waals surface area contributed by atoms with Crippen LogP contribution in [0.25, 0.3) is 0 Å². The number of aliphatic hydroxyl groups is 2. The number of Topliss-reactive ketones (excluding diaryl/α,β-unsaturated/α-hetero) is 1. The van der Waals surface area contributed by atoms with Gasteiger partial charge in [-0.1, -0.05) is 17.7 Å². The normalized spacial score (nSPS) is 41.8. The van der Waals surface area contributed by atoms with Crippen LogP contribution < -0.4 is 0 Å². The Morgan fingerprint density at radius 3 is 2.77 bits per heavy atom. The summed E-state index contributed by atoms with van der Waals surface area (Å²) < 4.78 is 0. The van der Waals surface area contributed by atoms with Gasteiger partial charge in [0.25, 0.3) is 0 Å². The van der Waals surface area contributed by atoms with Crippen molar-refractivity contribution in [1.82, 2.24) is 0 Å². The number of hydrogen-bond acceptors (Lipinski definition) is 7. The molecular weight excluding hydrogens is 402 g/mol. The molecule has 8 nitrogen and oxygen atoms in total. The molecule has 4 aliphatic rings. The van der Waals surface area contributed by atoms with Crippen molar-refractivity contribution in [3.05, 3.63) is 11.6 Å². The Morgan fingerprint density at radius 1 is 1.29 bits per heavy atom. The zero-order chi connectivity index (χ0) is 22.4. The Morgan fingerprint density at radius 2 is 2.06 bits per heavy atom. The van der Waals surface area contributed by atoms with Crippen LogP contribution in [0.1, 0.15) is 51.9 Å².